The second-order valence-electron chi connectivity index (χ2n) is 5.88. The van der Waals surface area contributed by atoms with Gasteiger partial charge in [-0.05, 0) is 6.92 Å². The van der Waals surface area contributed by atoms with Crippen LogP contribution in [0.1, 0.15) is 6.92 Å². The molecule has 0 aliphatic carbocycles. The van der Waals surface area contributed by atoms with Crippen LogP contribution in [0, 0.1) is 11.8 Å². The second kappa shape index (κ2) is 8.21. The van der Waals surface area contributed by atoms with Crippen molar-refractivity contribution in [1.82, 2.24) is 24.4 Å². The topological polar surface area (TPSA) is 86.4 Å². The maximum Gasteiger partial charge on any atom is 0.301 e. The average Bonchev–Trinajstić information content (AvgIpc) is 3.04. The molecule has 0 unspecified atom stereocenters. The van der Waals surface area contributed by atoms with Gasteiger partial charge in [-0.1, -0.05) is 5.92 Å². The molecule has 0 bridgehead atoms. The van der Waals surface area contributed by atoms with Crippen molar-refractivity contribution in [3.8, 4) is 17.9 Å². The molecule has 1 fully saturated rings. The number of rotatable bonds is 6. The lowest BCUT2D eigenvalue weighted by molar-refractivity contribution is 0.181. The van der Waals surface area contributed by atoms with Crippen LogP contribution in [0.5, 0.6) is 6.01 Å². The number of piperazine rings is 1. The van der Waals surface area contributed by atoms with Gasteiger partial charge in [0.05, 0.1) is 26.8 Å². The van der Waals surface area contributed by atoms with E-state index >= 15 is 0 Å². The van der Waals surface area contributed by atoms with Gasteiger partial charge in [0.15, 0.2) is 11.2 Å². The Morgan fingerprint density at radius 2 is 1.96 bits per heavy atom. The molecule has 2 aromatic rings. The van der Waals surface area contributed by atoms with Gasteiger partial charge in [0.25, 0.3) is 5.56 Å². The molecule has 3 rings (SSSR count). The standard InChI is InChI=1S/C17H24N6O3/c1-4-5-8-22-13-14(19-16(22)21-9-6-18-7-10-21)20-17(26-3)23(15(13)24)11-12-25-2/h18H,6-12H2,1-3H3. The van der Waals surface area contributed by atoms with Crippen LogP contribution in [0.2, 0.25) is 0 Å². The zero-order valence-corrected chi connectivity index (χ0v) is 15.4. The van der Waals surface area contributed by atoms with Gasteiger partial charge in [-0.2, -0.15) is 9.97 Å². The Kier molecular flexibility index (Phi) is 5.75. The summed E-state index contributed by atoms with van der Waals surface area (Å²) in [7, 11) is 3.08. The highest BCUT2D eigenvalue weighted by Gasteiger charge is 2.23. The number of aromatic nitrogens is 4. The Balaban J connectivity index is 2.19. The summed E-state index contributed by atoms with van der Waals surface area (Å²) in [6, 6.07) is 0.234. The maximum atomic E-state index is 13.1. The minimum atomic E-state index is -0.198. The molecule has 9 nitrogen and oxygen atoms in total. The first kappa shape index (κ1) is 18.2. The minimum Gasteiger partial charge on any atom is -0.468 e. The van der Waals surface area contributed by atoms with Crippen molar-refractivity contribution >= 4 is 17.1 Å². The highest BCUT2D eigenvalue weighted by molar-refractivity contribution is 5.74. The molecule has 0 aromatic carbocycles. The molecule has 26 heavy (non-hydrogen) atoms. The number of hydrogen-bond donors (Lipinski definition) is 1. The van der Waals surface area contributed by atoms with Crippen LogP contribution >= 0.6 is 0 Å². The van der Waals surface area contributed by atoms with Gasteiger partial charge in [0, 0.05) is 33.3 Å². The highest BCUT2D eigenvalue weighted by atomic mass is 16.5. The first-order valence-electron chi connectivity index (χ1n) is 8.60. The fourth-order valence-electron chi connectivity index (χ4n) is 3.03. The fourth-order valence-corrected chi connectivity index (χ4v) is 3.03. The van der Waals surface area contributed by atoms with E-state index in [0.717, 1.165) is 32.1 Å². The highest BCUT2D eigenvalue weighted by Crippen LogP contribution is 2.21. The number of hydrogen-bond acceptors (Lipinski definition) is 7. The van der Waals surface area contributed by atoms with Crippen molar-refractivity contribution in [2.45, 2.75) is 20.0 Å². The summed E-state index contributed by atoms with van der Waals surface area (Å²) in [5.74, 6) is 6.65. The number of fused-ring (bicyclic) bond motifs is 1. The van der Waals surface area contributed by atoms with Gasteiger partial charge in [-0.15, -0.1) is 5.92 Å². The van der Waals surface area contributed by atoms with Gasteiger partial charge in [-0.25, -0.2) is 0 Å². The summed E-state index contributed by atoms with van der Waals surface area (Å²) in [5, 5.41) is 3.32. The van der Waals surface area contributed by atoms with Crippen LogP contribution in [0.4, 0.5) is 5.95 Å². The van der Waals surface area contributed by atoms with E-state index in [4.69, 9.17) is 9.47 Å². The van der Waals surface area contributed by atoms with Gasteiger partial charge in [0.2, 0.25) is 5.95 Å². The van der Waals surface area contributed by atoms with Crippen LogP contribution in [0.15, 0.2) is 4.79 Å². The molecular weight excluding hydrogens is 336 g/mol. The molecule has 0 amide bonds. The van der Waals surface area contributed by atoms with E-state index in [-0.39, 0.29) is 11.6 Å². The molecule has 1 N–H and O–H groups in total. The quantitative estimate of drug-likeness (QED) is 0.707. The molecule has 3 heterocycles. The normalized spacial score (nSPS) is 14.3. The van der Waals surface area contributed by atoms with Gasteiger partial charge in [-0.3, -0.25) is 13.9 Å². The minimum absolute atomic E-state index is 0.198. The Morgan fingerprint density at radius 3 is 2.62 bits per heavy atom. The molecule has 2 aromatic heterocycles. The van der Waals surface area contributed by atoms with Crippen LogP contribution in [-0.2, 0) is 17.8 Å². The number of methoxy groups -OCH3 is 2. The predicted octanol–water partition coefficient (Wildman–Crippen LogP) is -0.319. The number of anilines is 1. The van der Waals surface area contributed by atoms with E-state index in [1.165, 1.54) is 11.7 Å². The van der Waals surface area contributed by atoms with Gasteiger partial charge < -0.3 is 19.7 Å². The third-order valence-corrected chi connectivity index (χ3v) is 4.32. The zero-order valence-electron chi connectivity index (χ0n) is 15.4. The van der Waals surface area contributed by atoms with E-state index in [1.54, 1.807) is 14.0 Å². The first-order valence-corrected chi connectivity index (χ1v) is 8.60. The number of nitrogens with one attached hydrogen (secondary N) is 1. The Morgan fingerprint density at radius 1 is 1.19 bits per heavy atom. The molecule has 1 aliphatic heterocycles. The number of ether oxygens (including phenoxy) is 2. The molecule has 0 atom stereocenters. The molecule has 1 aliphatic rings. The largest absolute Gasteiger partial charge is 0.468 e. The summed E-state index contributed by atoms with van der Waals surface area (Å²) in [4.78, 5) is 24.4. The van der Waals surface area contributed by atoms with Crippen LogP contribution < -0.4 is 20.5 Å². The van der Waals surface area contributed by atoms with E-state index < -0.39 is 0 Å². The van der Waals surface area contributed by atoms with Crippen molar-refractivity contribution < 1.29 is 9.47 Å². The molecule has 9 heteroatoms. The van der Waals surface area contributed by atoms with Crippen molar-refractivity contribution in [3.63, 3.8) is 0 Å². The smallest absolute Gasteiger partial charge is 0.301 e. The van der Waals surface area contributed by atoms with Crippen LogP contribution in [-0.4, -0.2) is 66.1 Å². The Hall–Kier alpha value is -2.57. The third kappa shape index (κ3) is 3.38. The van der Waals surface area contributed by atoms with E-state index in [9.17, 15) is 4.79 Å². The van der Waals surface area contributed by atoms with E-state index in [1.807, 2.05) is 4.57 Å². The molecule has 0 spiro atoms. The van der Waals surface area contributed by atoms with E-state index in [2.05, 4.69) is 32.0 Å². The molecule has 0 radical (unpaired) electrons. The van der Waals surface area contributed by atoms with Gasteiger partial charge >= 0.3 is 6.01 Å². The van der Waals surface area contributed by atoms with Crippen LogP contribution in [0.25, 0.3) is 11.2 Å². The number of imidazole rings is 1. The van der Waals surface area contributed by atoms with Gasteiger partial charge in [0.1, 0.15) is 0 Å². The summed E-state index contributed by atoms with van der Waals surface area (Å²) < 4.78 is 13.7. The molecule has 1 saturated heterocycles. The maximum absolute atomic E-state index is 13.1. The van der Waals surface area contributed by atoms with Crippen LogP contribution in [0.3, 0.4) is 0 Å². The fraction of sp³-hybridized carbons (Fsp3) is 0.588. The lowest BCUT2D eigenvalue weighted by atomic mass is 10.4. The monoisotopic (exact) mass is 360 g/mol. The average molecular weight is 360 g/mol. The van der Waals surface area contributed by atoms with Crippen molar-refractivity contribution in [3.05, 3.63) is 10.4 Å². The van der Waals surface area contributed by atoms with Crippen molar-refractivity contribution in [1.29, 1.82) is 0 Å². The molecule has 140 valence electrons. The first-order chi connectivity index (χ1) is 12.7. The molecule has 0 saturated carbocycles. The molecular formula is C17H24N6O3. The zero-order chi connectivity index (χ0) is 18.5. The second-order valence-corrected chi connectivity index (χ2v) is 5.88. The number of nitrogens with zero attached hydrogens (tertiary/aromatic N) is 5. The predicted molar refractivity (Wildman–Crippen MR) is 98.7 cm³/mol. The van der Waals surface area contributed by atoms with E-state index in [0.29, 0.717) is 30.9 Å². The SMILES string of the molecule is CC#CCn1c(N2CCNCC2)nc2nc(OC)n(CCOC)c(=O)c21. The third-order valence-electron chi connectivity index (χ3n) is 4.32. The lowest BCUT2D eigenvalue weighted by Gasteiger charge is -2.28. The van der Waals surface area contributed by atoms with Crippen molar-refractivity contribution in [2.24, 2.45) is 0 Å². The summed E-state index contributed by atoms with van der Waals surface area (Å²) in [6.07, 6.45) is 0. The summed E-state index contributed by atoms with van der Waals surface area (Å²) >= 11 is 0. The summed E-state index contributed by atoms with van der Waals surface area (Å²) in [5.41, 5.74) is 0.626. The Bertz CT molecular complexity index is 886. The lowest BCUT2D eigenvalue weighted by Crippen LogP contribution is -2.44. The van der Waals surface area contributed by atoms with Crippen molar-refractivity contribution in [2.75, 3.05) is 51.9 Å². The Labute approximate surface area is 151 Å². The summed E-state index contributed by atoms with van der Waals surface area (Å²) in [6.45, 7) is 6.29.